The van der Waals surface area contributed by atoms with Gasteiger partial charge in [0.25, 0.3) is 20.1 Å². The summed E-state index contributed by atoms with van der Waals surface area (Å²) < 4.78 is 26.9. The minimum Gasteiger partial charge on any atom is -0.543 e. The smallest absolute Gasteiger partial charge is 0.266 e. The zero-order chi connectivity index (χ0) is 25.9. The highest BCUT2D eigenvalue weighted by Gasteiger charge is 2.43. The van der Waals surface area contributed by atoms with Crippen molar-refractivity contribution in [3.8, 4) is 11.5 Å². The van der Waals surface area contributed by atoms with E-state index in [0.717, 1.165) is 11.0 Å². The summed E-state index contributed by atoms with van der Waals surface area (Å²) in [6.45, 7) is 21.3. The predicted octanol–water partition coefficient (Wildman–Crippen LogP) is 7.39. The zero-order valence-electron chi connectivity index (χ0n) is 21.9. The van der Waals surface area contributed by atoms with Crippen LogP contribution in [0, 0.1) is 5.82 Å². The largest absolute Gasteiger partial charge is 0.543 e. The van der Waals surface area contributed by atoms with E-state index in [9.17, 15) is 14.0 Å². The number of carbonyl (C=O) groups is 2. The van der Waals surface area contributed by atoms with Crippen LogP contribution in [0.2, 0.25) is 36.3 Å². The molecule has 1 aliphatic heterocycles. The maximum atomic E-state index is 13.9. The molecule has 0 bridgehead atoms. The fourth-order valence-electron chi connectivity index (χ4n) is 3.13. The third-order valence-corrected chi connectivity index (χ3v) is 16.1. The molecule has 184 valence electrons. The zero-order valence-corrected chi connectivity index (χ0v) is 23.9. The number of fused-ring (bicyclic) bond motifs is 1. The third kappa shape index (κ3) is 4.70. The maximum Gasteiger partial charge on any atom is 0.266 e. The molecule has 0 fully saturated rings. The van der Waals surface area contributed by atoms with E-state index < -0.39 is 34.3 Å². The molecule has 0 saturated carbocycles. The molecule has 0 saturated heterocycles. The third-order valence-electron chi connectivity index (χ3n) is 7.37. The van der Waals surface area contributed by atoms with Crippen molar-refractivity contribution in [1.82, 2.24) is 0 Å². The first-order valence-corrected chi connectivity index (χ1v) is 17.4. The highest BCUT2D eigenvalue weighted by Crippen LogP contribution is 2.44. The molecule has 0 aromatic heterocycles. The van der Waals surface area contributed by atoms with Crippen LogP contribution in [-0.4, -0.2) is 28.4 Å². The first-order valence-electron chi connectivity index (χ1n) is 11.6. The summed E-state index contributed by atoms with van der Waals surface area (Å²) in [6, 6.07) is 8.99. The van der Waals surface area contributed by atoms with Crippen LogP contribution in [0.3, 0.4) is 0 Å². The molecule has 0 N–H and O–H groups in total. The molecule has 0 radical (unpaired) electrons. The molecule has 5 nitrogen and oxygen atoms in total. The molecular formula is C26H36FNO4Si2. The van der Waals surface area contributed by atoms with Crippen molar-refractivity contribution in [2.75, 3.05) is 4.90 Å². The van der Waals surface area contributed by atoms with Gasteiger partial charge in [0.2, 0.25) is 8.32 Å². The number of benzene rings is 2. The Morgan fingerprint density at radius 2 is 1.26 bits per heavy atom. The predicted molar refractivity (Wildman–Crippen MR) is 140 cm³/mol. The van der Waals surface area contributed by atoms with Gasteiger partial charge in [-0.1, -0.05) is 41.5 Å². The summed E-state index contributed by atoms with van der Waals surface area (Å²) in [7, 11) is -4.47. The fourth-order valence-corrected chi connectivity index (χ4v) is 5.18. The van der Waals surface area contributed by atoms with Gasteiger partial charge < -0.3 is 8.85 Å². The molecule has 8 heteroatoms. The SMILES string of the molecule is CC(C)(C)[Si](C)(C)Oc1ccc(O[Si](C)(C)C(C)(C)C)c(N2C(=O)c3ccc(F)cc3C2=O)c1. The Morgan fingerprint density at radius 3 is 1.82 bits per heavy atom. The first-order chi connectivity index (χ1) is 15.4. The van der Waals surface area contributed by atoms with Gasteiger partial charge in [0.1, 0.15) is 17.3 Å². The van der Waals surface area contributed by atoms with E-state index in [0.29, 0.717) is 17.2 Å². The summed E-state index contributed by atoms with van der Waals surface area (Å²) in [5, 5.41) is -0.123. The van der Waals surface area contributed by atoms with Crippen molar-refractivity contribution >= 4 is 34.1 Å². The number of amides is 2. The van der Waals surface area contributed by atoms with Crippen LogP contribution in [0.5, 0.6) is 11.5 Å². The van der Waals surface area contributed by atoms with Crippen LogP contribution in [0.4, 0.5) is 10.1 Å². The van der Waals surface area contributed by atoms with E-state index in [2.05, 4.69) is 67.7 Å². The number of imide groups is 1. The Bertz CT molecular complexity index is 1150. The van der Waals surface area contributed by atoms with E-state index in [1.165, 1.54) is 12.1 Å². The van der Waals surface area contributed by atoms with Crippen LogP contribution in [-0.2, 0) is 0 Å². The Morgan fingerprint density at radius 1 is 0.735 bits per heavy atom. The molecule has 1 aliphatic rings. The van der Waals surface area contributed by atoms with E-state index in [-0.39, 0.29) is 21.2 Å². The Balaban J connectivity index is 2.14. The summed E-state index contributed by atoms with van der Waals surface area (Å²) in [5.74, 6) is -0.598. The van der Waals surface area contributed by atoms with E-state index in [1.54, 1.807) is 12.1 Å². The maximum absolute atomic E-state index is 13.9. The molecule has 2 aromatic carbocycles. The van der Waals surface area contributed by atoms with Crippen molar-refractivity contribution in [3.05, 3.63) is 53.3 Å². The normalized spacial score (nSPS) is 15.0. The monoisotopic (exact) mass is 501 g/mol. The molecule has 3 rings (SSSR count). The molecule has 34 heavy (non-hydrogen) atoms. The summed E-state index contributed by atoms with van der Waals surface area (Å²) >= 11 is 0. The molecule has 1 heterocycles. The van der Waals surface area contributed by atoms with Gasteiger partial charge in [-0.2, -0.15) is 0 Å². The van der Waals surface area contributed by atoms with Gasteiger partial charge >= 0.3 is 0 Å². The van der Waals surface area contributed by atoms with Gasteiger partial charge in [0, 0.05) is 6.07 Å². The lowest BCUT2D eigenvalue weighted by molar-refractivity contribution is 0.0925. The van der Waals surface area contributed by atoms with E-state index in [1.807, 2.05) is 6.07 Å². The van der Waals surface area contributed by atoms with E-state index in [4.69, 9.17) is 8.85 Å². The minimum atomic E-state index is -2.30. The lowest BCUT2D eigenvalue weighted by Gasteiger charge is -2.38. The number of hydrogen-bond acceptors (Lipinski definition) is 4. The van der Waals surface area contributed by atoms with Gasteiger partial charge in [-0.05, 0) is 66.6 Å². The highest BCUT2D eigenvalue weighted by atomic mass is 28.4. The van der Waals surface area contributed by atoms with Crippen LogP contribution in [0.25, 0.3) is 0 Å². The van der Waals surface area contributed by atoms with Crippen molar-refractivity contribution in [2.45, 2.75) is 77.8 Å². The molecule has 0 aliphatic carbocycles. The Labute approximate surface area is 204 Å². The van der Waals surface area contributed by atoms with Gasteiger partial charge in [-0.3, -0.25) is 9.59 Å². The molecule has 0 atom stereocenters. The van der Waals surface area contributed by atoms with Crippen LogP contribution < -0.4 is 13.8 Å². The van der Waals surface area contributed by atoms with Crippen molar-refractivity contribution in [2.24, 2.45) is 0 Å². The lowest BCUT2D eigenvalue weighted by atomic mass is 10.1. The fraction of sp³-hybridized carbons (Fsp3) is 0.462. The van der Waals surface area contributed by atoms with Crippen LogP contribution in [0.15, 0.2) is 36.4 Å². The topological polar surface area (TPSA) is 55.8 Å². The second kappa shape index (κ2) is 8.34. The number of halogens is 1. The molecular weight excluding hydrogens is 465 g/mol. The Hall–Kier alpha value is -2.46. The van der Waals surface area contributed by atoms with Crippen molar-refractivity contribution in [1.29, 1.82) is 0 Å². The highest BCUT2D eigenvalue weighted by molar-refractivity contribution is 6.75. The molecule has 2 amide bonds. The number of anilines is 1. The van der Waals surface area contributed by atoms with Gasteiger partial charge in [-0.25, -0.2) is 9.29 Å². The summed E-state index contributed by atoms with van der Waals surface area (Å²) in [5.41, 5.74) is 0.562. The summed E-state index contributed by atoms with van der Waals surface area (Å²) in [6.07, 6.45) is 0. The van der Waals surface area contributed by atoms with Gasteiger partial charge in [-0.15, -0.1) is 0 Å². The standard InChI is InChI=1S/C26H36FNO4Si2/c1-25(2,3)33(7,8)31-18-12-14-22(32-34(9,10)26(4,5)6)21(16-18)28-23(29)19-13-11-17(27)15-20(19)24(28)30/h11-16H,1-10H3. The second-order valence-electron chi connectivity index (χ2n) is 12.0. The van der Waals surface area contributed by atoms with E-state index >= 15 is 0 Å². The van der Waals surface area contributed by atoms with Crippen molar-refractivity contribution < 1.29 is 22.8 Å². The number of nitrogens with zero attached hydrogens (tertiary/aromatic N) is 1. The van der Waals surface area contributed by atoms with Crippen LogP contribution in [0.1, 0.15) is 62.3 Å². The second-order valence-corrected chi connectivity index (χ2v) is 21.4. The summed E-state index contributed by atoms with van der Waals surface area (Å²) in [4.78, 5) is 27.7. The minimum absolute atomic E-state index is 0.0312. The lowest BCUT2D eigenvalue weighted by Crippen LogP contribution is -2.45. The Kier molecular flexibility index (Phi) is 6.41. The van der Waals surface area contributed by atoms with Gasteiger partial charge in [0.15, 0.2) is 0 Å². The van der Waals surface area contributed by atoms with Crippen LogP contribution >= 0.6 is 0 Å². The molecule has 0 unspecified atom stereocenters. The first kappa shape index (κ1) is 26.2. The van der Waals surface area contributed by atoms with Gasteiger partial charge in [0.05, 0.1) is 16.8 Å². The number of carbonyl (C=O) groups excluding carboxylic acids is 2. The molecule has 2 aromatic rings. The number of rotatable bonds is 5. The molecule has 0 spiro atoms. The average Bonchev–Trinajstić information content (AvgIpc) is 2.91. The average molecular weight is 502 g/mol. The van der Waals surface area contributed by atoms with Crippen molar-refractivity contribution in [3.63, 3.8) is 0 Å². The quantitative estimate of drug-likeness (QED) is 0.316. The number of hydrogen-bond donors (Lipinski definition) is 0.